The fourth-order valence-electron chi connectivity index (χ4n) is 1.67. The second-order valence-corrected chi connectivity index (χ2v) is 5.45. The number of ether oxygens (including phenoxy) is 1. The second-order valence-electron chi connectivity index (χ2n) is 3.74. The molecular formula is C12H11BrN2O3S. The first-order chi connectivity index (χ1) is 9.06. The smallest absolute Gasteiger partial charge is 0.327 e. The summed E-state index contributed by atoms with van der Waals surface area (Å²) in [5.74, 6) is -0.502. The molecule has 0 aliphatic rings. The Balaban J connectivity index is 2.68. The van der Waals surface area contributed by atoms with Crippen LogP contribution in [0.5, 0.6) is 0 Å². The first kappa shape index (κ1) is 14.1. The maximum atomic E-state index is 12.2. The van der Waals surface area contributed by atoms with E-state index in [1.54, 1.807) is 12.1 Å². The molecule has 0 saturated heterocycles. The van der Waals surface area contributed by atoms with Gasteiger partial charge in [-0.1, -0.05) is 15.9 Å². The van der Waals surface area contributed by atoms with Crippen LogP contribution in [0, 0.1) is 0 Å². The lowest BCUT2D eigenvalue weighted by Crippen LogP contribution is -2.27. The fraction of sp³-hybridized carbons (Fsp3) is 0.250. The first-order valence-corrected chi connectivity index (χ1v) is 7.39. The summed E-state index contributed by atoms with van der Waals surface area (Å²) in [7, 11) is 1.28. The number of hydrogen-bond acceptors (Lipinski definition) is 5. The molecule has 1 aromatic carbocycles. The minimum absolute atomic E-state index is 0.186. The number of carbonyl (C=O) groups excluding carboxylic acids is 1. The van der Waals surface area contributed by atoms with Crippen molar-refractivity contribution in [3.05, 3.63) is 33.0 Å². The highest BCUT2D eigenvalue weighted by atomic mass is 79.9. The van der Waals surface area contributed by atoms with Crippen molar-refractivity contribution in [2.75, 3.05) is 13.4 Å². The highest BCUT2D eigenvalue weighted by Crippen LogP contribution is 2.24. The minimum Gasteiger partial charge on any atom is -0.468 e. The van der Waals surface area contributed by atoms with Crippen molar-refractivity contribution in [3.63, 3.8) is 0 Å². The average Bonchev–Trinajstić information content (AvgIpc) is 2.41. The van der Waals surface area contributed by atoms with Crippen molar-refractivity contribution in [1.29, 1.82) is 0 Å². The summed E-state index contributed by atoms with van der Waals surface area (Å²) in [5.41, 5.74) is -0.300. The van der Waals surface area contributed by atoms with Gasteiger partial charge in [0.05, 0.1) is 12.5 Å². The van der Waals surface area contributed by atoms with E-state index >= 15 is 0 Å². The molecule has 0 N–H and O–H groups in total. The summed E-state index contributed by atoms with van der Waals surface area (Å²) in [6, 6.07) is 5.35. The summed E-state index contributed by atoms with van der Waals surface area (Å²) in [4.78, 5) is 23.5. The normalized spacial score (nSPS) is 10.7. The topological polar surface area (TPSA) is 61.2 Å². The van der Waals surface area contributed by atoms with E-state index in [9.17, 15) is 9.59 Å². The Hall–Kier alpha value is -1.34. The molecule has 0 aliphatic carbocycles. The molecule has 0 fully saturated rings. The van der Waals surface area contributed by atoms with Crippen molar-refractivity contribution in [2.45, 2.75) is 11.6 Å². The monoisotopic (exact) mass is 342 g/mol. The number of hydrogen-bond donors (Lipinski definition) is 0. The van der Waals surface area contributed by atoms with Crippen molar-refractivity contribution < 1.29 is 9.53 Å². The number of methoxy groups -OCH3 is 1. The van der Waals surface area contributed by atoms with Gasteiger partial charge in [0.15, 0.2) is 0 Å². The van der Waals surface area contributed by atoms with Gasteiger partial charge in [-0.05, 0) is 24.5 Å². The Morgan fingerprint density at radius 3 is 2.84 bits per heavy atom. The van der Waals surface area contributed by atoms with Crippen molar-refractivity contribution in [2.24, 2.45) is 0 Å². The van der Waals surface area contributed by atoms with Gasteiger partial charge in [-0.2, -0.15) is 5.10 Å². The lowest BCUT2D eigenvalue weighted by Gasteiger charge is -2.08. The molecule has 19 heavy (non-hydrogen) atoms. The molecule has 100 valence electrons. The van der Waals surface area contributed by atoms with Gasteiger partial charge in [0.1, 0.15) is 11.6 Å². The van der Waals surface area contributed by atoms with Crippen LogP contribution in [0.2, 0.25) is 0 Å². The molecule has 0 amide bonds. The highest BCUT2D eigenvalue weighted by Gasteiger charge is 2.12. The largest absolute Gasteiger partial charge is 0.468 e. The Morgan fingerprint density at radius 2 is 2.21 bits per heavy atom. The van der Waals surface area contributed by atoms with Crippen LogP contribution in [0.3, 0.4) is 0 Å². The molecule has 0 atom stereocenters. The highest BCUT2D eigenvalue weighted by molar-refractivity contribution is 9.10. The zero-order chi connectivity index (χ0) is 14.0. The number of thioether (sulfide) groups is 1. The predicted octanol–water partition coefficient (Wildman–Crippen LogP) is 2.05. The summed E-state index contributed by atoms with van der Waals surface area (Å²) >= 11 is 4.79. The molecule has 1 heterocycles. The average molecular weight is 343 g/mol. The van der Waals surface area contributed by atoms with Crippen LogP contribution in [-0.2, 0) is 16.1 Å². The number of benzene rings is 1. The number of nitrogens with zero attached hydrogens (tertiary/aromatic N) is 2. The van der Waals surface area contributed by atoms with E-state index in [0.717, 1.165) is 14.5 Å². The summed E-state index contributed by atoms with van der Waals surface area (Å²) in [6.45, 7) is -0.186. The number of halogens is 1. The Labute approximate surface area is 122 Å². The van der Waals surface area contributed by atoms with Crippen LogP contribution >= 0.6 is 27.7 Å². The molecule has 1 aromatic heterocycles. The Kier molecular flexibility index (Phi) is 4.26. The molecule has 0 aliphatic heterocycles. The van der Waals surface area contributed by atoms with E-state index in [0.29, 0.717) is 10.4 Å². The van der Waals surface area contributed by atoms with Gasteiger partial charge in [-0.3, -0.25) is 9.59 Å². The zero-order valence-corrected chi connectivity index (χ0v) is 12.7. The molecule has 0 spiro atoms. The third-order valence-electron chi connectivity index (χ3n) is 2.59. The lowest BCUT2D eigenvalue weighted by molar-refractivity contribution is -0.141. The van der Waals surface area contributed by atoms with Crippen LogP contribution in [0.15, 0.2) is 32.5 Å². The van der Waals surface area contributed by atoms with Crippen LogP contribution in [0.25, 0.3) is 10.8 Å². The third-order valence-corrected chi connectivity index (χ3v) is 3.77. The molecule has 0 radical (unpaired) electrons. The Morgan fingerprint density at radius 1 is 1.47 bits per heavy atom. The summed E-state index contributed by atoms with van der Waals surface area (Å²) in [5, 5.41) is 6.19. The van der Waals surface area contributed by atoms with Gasteiger partial charge in [0.25, 0.3) is 5.56 Å². The van der Waals surface area contributed by atoms with Gasteiger partial charge < -0.3 is 4.74 Å². The number of esters is 1. The third kappa shape index (κ3) is 2.82. The molecule has 7 heteroatoms. The summed E-state index contributed by atoms with van der Waals surface area (Å²) in [6.07, 6.45) is 1.87. The van der Waals surface area contributed by atoms with E-state index in [1.165, 1.54) is 18.9 Å². The fourth-order valence-corrected chi connectivity index (χ4v) is 2.60. The first-order valence-electron chi connectivity index (χ1n) is 5.38. The Bertz CT molecular complexity index is 699. The van der Waals surface area contributed by atoms with Crippen LogP contribution in [0.4, 0.5) is 0 Å². The van der Waals surface area contributed by atoms with Crippen molar-refractivity contribution in [1.82, 2.24) is 9.78 Å². The van der Waals surface area contributed by atoms with Gasteiger partial charge in [-0.15, -0.1) is 11.8 Å². The van der Waals surface area contributed by atoms with Crippen LogP contribution in [0.1, 0.15) is 0 Å². The quantitative estimate of drug-likeness (QED) is 0.631. The lowest BCUT2D eigenvalue weighted by atomic mass is 10.2. The zero-order valence-electron chi connectivity index (χ0n) is 10.3. The SMILES string of the molecule is COC(=O)Cn1nc(SC)c2cc(Br)ccc2c1=O. The van der Waals surface area contributed by atoms with E-state index in [4.69, 9.17) is 0 Å². The molecular weight excluding hydrogens is 332 g/mol. The van der Waals surface area contributed by atoms with E-state index < -0.39 is 5.97 Å². The van der Waals surface area contributed by atoms with Gasteiger partial charge in [0, 0.05) is 9.86 Å². The molecule has 0 unspecified atom stereocenters. The predicted molar refractivity (Wildman–Crippen MR) is 77.5 cm³/mol. The van der Waals surface area contributed by atoms with Gasteiger partial charge in [-0.25, -0.2) is 4.68 Å². The standard InChI is InChI=1S/C12H11BrN2O3S/c1-18-10(16)6-15-12(17)8-4-3-7(13)5-9(8)11(14-15)19-2/h3-5H,6H2,1-2H3. The van der Waals surface area contributed by atoms with Crippen molar-refractivity contribution >= 4 is 44.4 Å². The molecule has 0 bridgehead atoms. The van der Waals surface area contributed by atoms with Gasteiger partial charge >= 0.3 is 5.97 Å². The number of fused-ring (bicyclic) bond motifs is 1. The summed E-state index contributed by atoms with van der Waals surface area (Å²) < 4.78 is 6.57. The number of carbonyl (C=O) groups is 1. The number of aromatic nitrogens is 2. The van der Waals surface area contributed by atoms with Gasteiger partial charge in [0.2, 0.25) is 0 Å². The van der Waals surface area contributed by atoms with Crippen LogP contribution < -0.4 is 5.56 Å². The van der Waals surface area contributed by atoms with E-state index in [2.05, 4.69) is 25.8 Å². The molecule has 2 rings (SSSR count). The van der Waals surface area contributed by atoms with Crippen LogP contribution in [-0.4, -0.2) is 29.1 Å². The van der Waals surface area contributed by atoms with E-state index in [1.807, 2.05) is 12.3 Å². The number of rotatable bonds is 3. The maximum Gasteiger partial charge on any atom is 0.327 e. The molecule has 0 saturated carbocycles. The second kappa shape index (κ2) is 5.75. The maximum absolute atomic E-state index is 12.2. The molecule has 5 nitrogen and oxygen atoms in total. The minimum atomic E-state index is -0.502. The van der Waals surface area contributed by atoms with Crippen molar-refractivity contribution in [3.8, 4) is 0 Å². The molecule has 2 aromatic rings. The van der Waals surface area contributed by atoms with E-state index in [-0.39, 0.29) is 12.1 Å².